The third-order valence-electron chi connectivity index (χ3n) is 1.77. The molecule has 0 aliphatic carbocycles. The van der Waals surface area contributed by atoms with Gasteiger partial charge in [-0.15, -0.1) is 0 Å². The van der Waals surface area contributed by atoms with Crippen LogP contribution in [0.5, 0.6) is 0 Å². The first-order valence-electron chi connectivity index (χ1n) is 3.64. The molecule has 0 nitrogen and oxygen atoms in total. The first kappa shape index (κ1) is 13.4. The van der Waals surface area contributed by atoms with Crippen molar-refractivity contribution < 1.29 is 0 Å². The van der Waals surface area contributed by atoms with Gasteiger partial charge >= 0.3 is 0 Å². The van der Waals surface area contributed by atoms with E-state index in [2.05, 4.69) is 0 Å². The van der Waals surface area contributed by atoms with Gasteiger partial charge in [0, 0.05) is 32.8 Å². The Morgan fingerprint density at radius 2 is 0.800 bits per heavy atom. The second-order valence-electron chi connectivity index (χ2n) is 2.54. The normalized spacial score (nSPS) is 9.80. The van der Waals surface area contributed by atoms with Crippen molar-refractivity contribution >= 4 is 87.6 Å². The maximum atomic E-state index is 6.04. The third-order valence-corrected chi connectivity index (χ3v) is 3.70. The summed E-state index contributed by atoms with van der Waals surface area (Å²) < 4.78 is 0. The van der Waals surface area contributed by atoms with Crippen molar-refractivity contribution in [3.63, 3.8) is 0 Å². The number of halogens is 3. The highest BCUT2D eigenvalue weighted by atomic mass is 35.5. The second kappa shape index (κ2) is 5.62. The van der Waals surface area contributed by atoms with E-state index in [1.54, 1.807) is 0 Å². The summed E-state index contributed by atoms with van der Waals surface area (Å²) in [7, 11) is 0. The predicted molar refractivity (Wildman–Crippen MR) is 79.7 cm³/mol. The molecule has 0 atom stereocenters. The maximum absolute atomic E-state index is 6.04. The van der Waals surface area contributed by atoms with Crippen LogP contribution in [-0.2, 0) is 0 Å². The van der Waals surface area contributed by atoms with Gasteiger partial charge in [-0.1, -0.05) is 71.5 Å². The lowest BCUT2D eigenvalue weighted by atomic mass is 10.1. The van der Waals surface area contributed by atoms with E-state index in [0.29, 0.717) is 31.8 Å². The molecule has 15 heavy (non-hydrogen) atoms. The monoisotopic (exact) mass is 312 g/mol. The summed E-state index contributed by atoms with van der Waals surface area (Å²) in [6, 6.07) is 0. The van der Waals surface area contributed by atoms with Crippen LogP contribution in [0.25, 0.3) is 0 Å². The number of thiocarbonyl (C=S) groups is 3. The molecule has 0 aliphatic rings. The Hall–Kier alpha value is 0.360. The minimum atomic E-state index is 0.357. The molecule has 0 saturated heterocycles. The molecule has 0 saturated carbocycles. The van der Waals surface area contributed by atoms with E-state index in [0.717, 1.165) is 0 Å². The van der Waals surface area contributed by atoms with Crippen LogP contribution in [0.15, 0.2) is 0 Å². The average molecular weight is 314 g/mol. The lowest BCUT2D eigenvalue weighted by molar-refractivity contribution is 1.63. The molecule has 1 rings (SSSR count). The van der Waals surface area contributed by atoms with Gasteiger partial charge < -0.3 is 0 Å². The minimum absolute atomic E-state index is 0.357. The summed E-state index contributed by atoms with van der Waals surface area (Å²) >= 11 is 32.6. The van der Waals surface area contributed by atoms with Gasteiger partial charge in [-0.3, -0.25) is 0 Å². The van der Waals surface area contributed by atoms with E-state index in [1.807, 2.05) is 0 Å². The van der Waals surface area contributed by atoms with Crippen LogP contribution >= 0.6 is 71.5 Å². The van der Waals surface area contributed by atoms with Crippen LogP contribution in [0.4, 0.5) is 0 Å². The summed E-state index contributed by atoms with van der Waals surface area (Å²) in [5.41, 5.74) is 1.56. The van der Waals surface area contributed by atoms with Gasteiger partial charge in [-0.05, 0) is 0 Å². The Morgan fingerprint density at radius 1 is 0.600 bits per heavy atom. The van der Waals surface area contributed by atoms with Crippen molar-refractivity contribution in [3.8, 4) is 0 Å². The quantitative estimate of drug-likeness (QED) is 0.743. The Morgan fingerprint density at radius 3 is 0.933 bits per heavy atom. The molecule has 6 heteroatoms. The average Bonchev–Trinajstić information content (AvgIpc) is 2.19. The van der Waals surface area contributed by atoms with Crippen LogP contribution in [0.3, 0.4) is 0 Å². The second-order valence-corrected chi connectivity index (χ2v) is 4.38. The van der Waals surface area contributed by atoms with Gasteiger partial charge in [0.15, 0.2) is 0 Å². The fourth-order valence-electron chi connectivity index (χ4n) is 1.03. The Kier molecular flexibility index (Phi) is 5.03. The SMILES string of the molecule is S=Cc1c(Cl)c(C=S)c(Cl)c(C=S)c1Cl. The lowest BCUT2D eigenvalue weighted by Crippen LogP contribution is -1.97. The largest absolute Gasteiger partial charge is 0.0880 e. The Labute approximate surface area is 119 Å². The van der Waals surface area contributed by atoms with Crippen LogP contribution in [-0.4, -0.2) is 16.1 Å². The zero-order chi connectivity index (χ0) is 11.6. The van der Waals surface area contributed by atoms with Crippen molar-refractivity contribution in [3.05, 3.63) is 31.8 Å². The van der Waals surface area contributed by atoms with Crippen LogP contribution < -0.4 is 0 Å². The first-order chi connectivity index (χ1) is 7.08. The summed E-state index contributed by atoms with van der Waals surface area (Å²) in [4.78, 5) is 0. The Balaban J connectivity index is 3.79. The molecule has 1 aromatic carbocycles. The summed E-state index contributed by atoms with van der Waals surface area (Å²) in [6.07, 6.45) is 0. The molecular weight excluding hydrogens is 311 g/mol. The van der Waals surface area contributed by atoms with E-state index in [9.17, 15) is 0 Å². The molecule has 0 aromatic heterocycles. The van der Waals surface area contributed by atoms with Gasteiger partial charge in [0.2, 0.25) is 0 Å². The molecule has 0 aliphatic heterocycles. The summed E-state index contributed by atoms with van der Waals surface area (Å²) in [5, 5.41) is 5.21. The van der Waals surface area contributed by atoms with E-state index in [1.165, 1.54) is 16.1 Å². The maximum Gasteiger partial charge on any atom is 0.0597 e. The number of hydrogen-bond acceptors (Lipinski definition) is 3. The van der Waals surface area contributed by atoms with E-state index in [4.69, 9.17) is 71.5 Å². The molecule has 0 bridgehead atoms. The molecule has 1 aromatic rings. The number of rotatable bonds is 3. The van der Waals surface area contributed by atoms with Crippen LogP contribution in [0.1, 0.15) is 16.7 Å². The minimum Gasteiger partial charge on any atom is -0.0880 e. The Bertz CT molecular complexity index is 367. The van der Waals surface area contributed by atoms with Gasteiger partial charge in [-0.2, -0.15) is 0 Å². The summed E-state index contributed by atoms with van der Waals surface area (Å²) in [6.45, 7) is 0. The van der Waals surface area contributed by atoms with E-state index < -0.39 is 0 Å². The standard InChI is InChI=1S/C9H3Cl3S3/c10-7-4(1-13)8(11)6(3-15)9(12)5(7)2-14/h1-3H. The molecule has 0 spiro atoms. The fourth-order valence-corrected chi connectivity index (χ4v) is 3.17. The van der Waals surface area contributed by atoms with Crippen molar-refractivity contribution in [2.24, 2.45) is 0 Å². The van der Waals surface area contributed by atoms with Gasteiger partial charge in [-0.25, -0.2) is 0 Å². The molecule has 0 amide bonds. The third kappa shape index (κ3) is 2.38. The molecule has 0 unspecified atom stereocenters. The fraction of sp³-hybridized carbons (Fsp3) is 0. The number of hydrogen-bond donors (Lipinski definition) is 0. The topological polar surface area (TPSA) is 0 Å². The van der Waals surface area contributed by atoms with Crippen LogP contribution in [0, 0.1) is 0 Å². The van der Waals surface area contributed by atoms with Gasteiger partial charge in [0.1, 0.15) is 0 Å². The first-order valence-corrected chi connectivity index (χ1v) is 6.19. The molecule has 0 heterocycles. The predicted octanol–water partition coefficient (Wildman–Crippen LogP) is 4.69. The van der Waals surface area contributed by atoms with Gasteiger partial charge in [0.25, 0.3) is 0 Å². The zero-order valence-corrected chi connectivity index (χ0v) is 11.8. The molecule has 0 N–H and O–H groups in total. The van der Waals surface area contributed by atoms with Crippen molar-refractivity contribution in [2.45, 2.75) is 0 Å². The molecule has 0 radical (unpaired) electrons. The molecule has 0 fully saturated rings. The van der Waals surface area contributed by atoms with Crippen molar-refractivity contribution in [1.29, 1.82) is 0 Å². The highest BCUT2D eigenvalue weighted by molar-refractivity contribution is 7.79. The highest BCUT2D eigenvalue weighted by Gasteiger charge is 2.17. The zero-order valence-electron chi connectivity index (χ0n) is 7.09. The van der Waals surface area contributed by atoms with E-state index in [-0.39, 0.29) is 0 Å². The van der Waals surface area contributed by atoms with E-state index >= 15 is 0 Å². The van der Waals surface area contributed by atoms with Crippen molar-refractivity contribution in [1.82, 2.24) is 0 Å². The van der Waals surface area contributed by atoms with Gasteiger partial charge in [0.05, 0.1) is 15.1 Å². The number of benzene rings is 1. The smallest absolute Gasteiger partial charge is 0.0597 e. The molecule has 78 valence electrons. The summed E-state index contributed by atoms with van der Waals surface area (Å²) in [5.74, 6) is 0. The van der Waals surface area contributed by atoms with Crippen LogP contribution in [0.2, 0.25) is 15.1 Å². The highest BCUT2D eigenvalue weighted by Crippen LogP contribution is 2.35. The lowest BCUT2D eigenvalue weighted by Gasteiger charge is -2.10. The molecular formula is C9H3Cl3S3. The van der Waals surface area contributed by atoms with Crippen molar-refractivity contribution in [2.75, 3.05) is 0 Å².